The van der Waals surface area contributed by atoms with Crippen molar-refractivity contribution in [1.82, 2.24) is 10.2 Å². The molecule has 1 aromatic carbocycles. The summed E-state index contributed by atoms with van der Waals surface area (Å²) in [6.07, 6.45) is -0.0592. The molecule has 128 valence electrons. The predicted octanol–water partition coefficient (Wildman–Crippen LogP) is 1.20. The zero-order valence-electron chi connectivity index (χ0n) is 13.7. The Morgan fingerprint density at radius 2 is 1.96 bits per heavy atom. The number of methoxy groups -OCH3 is 1. The van der Waals surface area contributed by atoms with E-state index in [-0.39, 0.29) is 24.2 Å². The first kappa shape index (κ1) is 18.9. The van der Waals surface area contributed by atoms with Crippen LogP contribution in [0.15, 0.2) is 24.3 Å². The monoisotopic (exact) mass is 326 g/mol. The second-order valence-electron chi connectivity index (χ2n) is 5.10. The Hall–Kier alpha value is -2.15. The van der Waals surface area contributed by atoms with E-state index < -0.39 is 6.10 Å². The summed E-state index contributed by atoms with van der Waals surface area (Å²) in [7, 11) is 3.12. The van der Waals surface area contributed by atoms with Gasteiger partial charge in [0, 0.05) is 27.3 Å². The fourth-order valence-electron chi connectivity index (χ4n) is 1.87. The maximum absolute atomic E-state index is 12.8. The lowest BCUT2D eigenvalue weighted by molar-refractivity contribution is -0.139. The van der Waals surface area contributed by atoms with Crippen LogP contribution >= 0.6 is 0 Å². The van der Waals surface area contributed by atoms with E-state index in [1.807, 2.05) is 0 Å². The van der Waals surface area contributed by atoms with Crippen LogP contribution in [0.5, 0.6) is 5.75 Å². The van der Waals surface area contributed by atoms with Gasteiger partial charge in [-0.15, -0.1) is 0 Å². The summed E-state index contributed by atoms with van der Waals surface area (Å²) in [6.45, 7) is 2.59. The number of hydrogen-bond donors (Lipinski definition) is 1. The Balaban J connectivity index is 2.39. The number of nitrogens with zero attached hydrogens (tertiary/aromatic N) is 1. The van der Waals surface area contributed by atoms with Gasteiger partial charge >= 0.3 is 0 Å². The number of amides is 2. The first-order chi connectivity index (χ1) is 10.9. The molecule has 1 aromatic rings. The van der Waals surface area contributed by atoms with Crippen LogP contribution in [0, 0.1) is 5.82 Å². The highest BCUT2D eigenvalue weighted by atomic mass is 19.1. The molecule has 0 unspecified atom stereocenters. The van der Waals surface area contributed by atoms with E-state index in [9.17, 15) is 14.0 Å². The average molecular weight is 326 g/mol. The van der Waals surface area contributed by atoms with Gasteiger partial charge in [-0.1, -0.05) is 0 Å². The Morgan fingerprint density at radius 3 is 2.57 bits per heavy atom. The summed E-state index contributed by atoms with van der Waals surface area (Å²) in [5.41, 5.74) is 0. The molecule has 0 bridgehead atoms. The number of halogens is 1. The second kappa shape index (κ2) is 9.78. The van der Waals surface area contributed by atoms with Crippen molar-refractivity contribution >= 4 is 11.8 Å². The minimum absolute atomic E-state index is 0.0526. The normalized spacial score (nSPS) is 11.7. The SMILES string of the molecule is COCCCNC(=O)CN(C)C(=O)[C@H](C)Oc1ccc(F)cc1. The largest absolute Gasteiger partial charge is 0.481 e. The highest BCUT2D eigenvalue weighted by Gasteiger charge is 2.21. The number of likely N-dealkylation sites (N-methyl/N-ethyl adjacent to an activating group) is 1. The molecule has 0 saturated heterocycles. The average Bonchev–Trinajstić information content (AvgIpc) is 2.53. The summed E-state index contributed by atoms with van der Waals surface area (Å²) in [5.74, 6) is -0.560. The van der Waals surface area contributed by atoms with Gasteiger partial charge in [0.15, 0.2) is 6.10 Å². The number of carbonyl (C=O) groups excluding carboxylic acids is 2. The molecule has 0 aliphatic carbocycles. The van der Waals surface area contributed by atoms with Crippen LogP contribution in [-0.4, -0.2) is 56.7 Å². The van der Waals surface area contributed by atoms with E-state index in [0.717, 1.165) is 0 Å². The quantitative estimate of drug-likeness (QED) is 0.693. The molecule has 1 N–H and O–H groups in total. The molecule has 0 heterocycles. The molecule has 2 amide bonds. The second-order valence-corrected chi connectivity index (χ2v) is 5.10. The third-order valence-electron chi connectivity index (χ3n) is 3.08. The van der Waals surface area contributed by atoms with Crippen LogP contribution in [-0.2, 0) is 14.3 Å². The van der Waals surface area contributed by atoms with Crippen molar-refractivity contribution in [3.63, 3.8) is 0 Å². The molecule has 6 nitrogen and oxygen atoms in total. The maximum Gasteiger partial charge on any atom is 0.263 e. The number of ether oxygens (including phenoxy) is 2. The lowest BCUT2D eigenvalue weighted by Crippen LogP contribution is -2.43. The van der Waals surface area contributed by atoms with E-state index in [4.69, 9.17) is 9.47 Å². The Morgan fingerprint density at radius 1 is 1.30 bits per heavy atom. The van der Waals surface area contributed by atoms with Gasteiger partial charge in [0.05, 0.1) is 6.54 Å². The maximum atomic E-state index is 12.8. The standard InChI is InChI=1S/C16H23FN2O4/c1-12(23-14-7-5-13(17)6-8-14)16(21)19(2)11-15(20)18-9-4-10-22-3/h5-8,12H,4,9-11H2,1-3H3,(H,18,20)/t12-/m0/s1. The van der Waals surface area contributed by atoms with Crippen molar-refractivity contribution in [3.05, 3.63) is 30.1 Å². The van der Waals surface area contributed by atoms with Crippen LogP contribution in [0.4, 0.5) is 4.39 Å². The molecule has 0 spiro atoms. The molecule has 23 heavy (non-hydrogen) atoms. The van der Waals surface area contributed by atoms with Gasteiger partial charge < -0.3 is 19.7 Å². The highest BCUT2D eigenvalue weighted by molar-refractivity contribution is 5.86. The number of hydrogen-bond acceptors (Lipinski definition) is 4. The van der Waals surface area contributed by atoms with Crippen LogP contribution in [0.3, 0.4) is 0 Å². The zero-order valence-corrected chi connectivity index (χ0v) is 13.7. The number of rotatable bonds is 9. The number of nitrogens with one attached hydrogen (secondary N) is 1. The van der Waals surface area contributed by atoms with Crippen molar-refractivity contribution < 1.29 is 23.5 Å². The molecule has 0 aliphatic heterocycles. The molecule has 7 heteroatoms. The van der Waals surface area contributed by atoms with Crippen LogP contribution in [0.25, 0.3) is 0 Å². The van der Waals surface area contributed by atoms with Gasteiger partial charge in [0.25, 0.3) is 5.91 Å². The summed E-state index contributed by atoms with van der Waals surface area (Å²) < 4.78 is 23.1. The predicted molar refractivity (Wildman–Crippen MR) is 83.6 cm³/mol. The minimum atomic E-state index is -0.772. The highest BCUT2D eigenvalue weighted by Crippen LogP contribution is 2.13. The molecule has 1 atom stereocenters. The molecule has 0 saturated carbocycles. The van der Waals surface area contributed by atoms with E-state index in [2.05, 4.69) is 5.32 Å². The van der Waals surface area contributed by atoms with Crippen molar-refractivity contribution in [2.24, 2.45) is 0 Å². The van der Waals surface area contributed by atoms with Gasteiger partial charge in [-0.3, -0.25) is 9.59 Å². The molecule has 0 radical (unpaired) electrons. The first-order valence-corrected chi connectivity index (χ1v) is 7.37. The molecule has 0 aromatic heterocycles. The minimum Gasteiger partial charge on any atom is -0.481 e. The van der Waals surface area contributed by atoms with E-state index in [0.29, 0.717) is 25.3 Å². The lowest BCUT2D eigenvalue weighted by Gasteiger charge is -2.21. The molecule has 0 fully saturated rings. The zero-order chi connectivity index (χ0) is 17.2. The van der Waals surface area contributed by atoms with Gasteiger partial charge in [-0.2, -0.15) is 0 Å². The fourth-order valence-corrected chi connectivity index (χ4v) is 1.87. The van der Waals surface area contributed by atoms with Crippen molar-refractivity contribution in [2.75, 3.05) is 33.9 Å². The fraction of sp³-hybridized carbons (Fsp3) is 0.500. The van der Waals surface area contributed by atoms with Crippen molar-refractivity contribution in [1.29, 1.82) is 0 Å². The third-order valence-corrected chi connectivity index (χ3v) is 3.08. The Labute approximate surface area is 135 Å². The number of carbonyl (C=O) groups is 2. The summed E-state index contributed by atoms with van der Waals surface area (Å²) >= 11 is 0. The number of benzene rings is 1. The van der Waals surface area contributed by atoms with E-state index >= 15 is 0 Å². The van der Waals surface area contributed by atoms with E-state index in [1.54, 1.807) is 14.0 Å². The molecular weight excluding hydrogens is 303 g/mol. The van der Waals surface area contributed by atoms with Crippen LogP contribution in [0.2, 0.25) is 0 Å². The van der Waals surface area contributed by atoms with Crippen molar-refractivity contribution in [3.8, 4) is 5.75 Å². The van der Waals surface area contributed by atoms with Crippen molar-refractivity contribution in [2.45, 2.75) is 19.4 Å². The van der Waals surface area contributed by atoms with Gasteiger partial charge in [-0.25, -0.2) is 4.39 Å². The van der Waals surface area contributed by atoms with Crippen LogP contribution < -0.4 is 10.1 Å². The molecular formula is C16H23FN2O4. The van der Waals surface area contributed by atoms with Crippen LogP contribution in [0.1, 0.15) is 13.3 Å². The summed E-state index contributed by atoms with van der Waals surface area (Å²) in [4.78, 5) is 25.2. The van der Waals surface area contributed by atoms with Gasteiger partial charge in [-0.05, 0) is 37.6 Å². The molecule has 1 rings (SSSR count). The van der Waals surface area contributed by atoms with E-state index in [1.165, 1.54) is 36.2 Å². The summed E-state index contributed by atoms with van der Waals surface area (Å²) in [5, 5.41) is 2.70. The first-order valence-electron chi connectivity index (χ1n) is 7.37. The molecule has 0 aliphatic rings. The topological polar surface area (TPSA) is 67.9 Å². The van der Waals surface area contributed by atoms with Gasteiger partial charge in [0.1, 0.15) is 11.6 Å². The smallest absolute Gasteiger partial charge is 0.263 e. The van der Waals surface area contributed by atoms with Gasteiger partial charge in [0.2, 0.25) is 5.91 Å². The summed E-state index contributed by atoms with van der Waals surface area (Å²) in [6, 6.07) is 5.40. The third kappa shape index (κ3) is 7.10. The lowest BCUT2D eigenvalue weighted by atomic mass is 10.3. The Bertz CT molecular complexity index is 507. The Kier molecular flexibility index (Phi) is 8.04.